The first kappa shape index (κ1) is 66.1. The number of carboxylic acids is 2. The molecule has 0 spiro atoms. The van der Waals surface area contributed by atoms with Crippen LogP contribution in [-0.2, 0) is 72.1 Å². The van der Waals surface area contributed by atoms with Gasteiger partial charge < -0.3 is 54.8 Å². The summed E-state index contributed by atoms with van der Waals surface area (Å²) in [5.41, 5.74) is 1.14. The molecule has 82 heavy (non-hydrogen) atoms. The van der Waals surface area contributed by atoms with Crippen LogP contribution < -0.4 is 10.6 Å². The molecule has 3 unspecified atom stereocenters. The largest absolute Gasteiger partial charge is 0.480 e. The second-order valence-corrected chi connectivity index (χ2v) is 23.3. The van der Waals surface area contributed by atoms with Crippen LogP contribution in [0.1, 0.15) is 97.7 Å². The minimum Gasteiger partial charge on any atom is -0.480 e. The van der Waals surface area contributed by atoms with Crippen molar-refractivity contribution >= 4 is 71.0 Å². The molecule has 3 aliphatic rings. The molecule has 0 radical (unpaired) electrons. The van der Waals surface area contributed by atoms with E-state index in [4.69, 9.17) is 14.5 Å². The number of aryl methyl sites for hydroxylation is 1. The maximum absolute atomic E-state index is 14.9. The maximum atomic E-state index is 14.9. The van der Waals surface area contributed by atoms with Gasteiger partial charge in [0, 0.05) is 107 Å². The number of likely N-dealkylation sites (tertiary alicyclic amines) is 2. The van der Waals surface area contributed by atoms with Crippen LogP contribution in [0, 0.1) is 17.8 Å². The molecule has 0 saturated carbocycles. The number of imide groups is 1. The van der Waals surface area contributed by atoms with Crippen LogP contribution in [0.3, 0.4) is 0 Å². The number of thioether (sulfide) groups is 1. The smallest absolute Gasteiger partial charge is 0.327 e. The Morgan fingerprint density at radius 3 is 2.12 bits per heavy atom. The zero-order chi connectivity index (χ0) is 60.5. The second kappa shape index (κ2) is 31.1. The van der Waals surface area contributed by atoms with Gasteiger partial charge in [-0.2, -0.15) is 0 Å². The van der Waals surface area contributed by atoms with E-state index >= 15 is 0 Å². The van der Waals surface area contributed by atoms with E-state index < -0.39 is 89.2 Å². The van der Waals surface area contributed by atoms with Crippen molar-refractivity contribution in [1.29, 1.82) is 0 Å². The average molecular weight is 1170 g/mol. The molecule has 3 saturated heterocycles. The lowest BCUT2D eigenvalue weighted by Crippen LogP contribution is -2.56. The average Bonchev–Trinajstić information content (AvgIpc) is 4.26. The molecule has 10 atom stereocenters. The van der Waals surface area contributed by atoms with Gasteiger partial charge in [-0.3, -0.25) is 43.1 Å². The summed E-state index contributed by atoms with van der Waals surface area (Å²) in [6.45, 7) is 13.3. The van der Waals surface area contributed by atoms with Gasteiger partial charge in [0.1, 0.15) is 23.8 Å². The van der Waals surface area contributed by atoms with Crippen LogP contribution in [-0.4, -0.2) is 235 Å². The van der Waals surface area contributed by atoms with Crippen molar-refractivity contribution in [3.63, 3.8) is 0 Å². The lowest BCUT2D eigenvalue weighted by molar-refractivity contribution is -0.147. The number of carbonyl (C=O) groups excluding carboxylic acids is 7. The third-order valence-corrected chi connectivity index (χ3v) is 16.9. The van der Waals surface area contributed by atoms with Crippen LogP contribution in [0.15, 0.2) is 41.5 Å². The summed E-state index contributed by atoms with van der Waals surface area (Å²) in [6.07, 6.45) is 2.76. The predicted molar refractivity (Wildman–Crippen MR) is 305 cm³/mol. The number of guanidine groups is 1. The summed E-state index contributed by atoms with van der Waals surface area (Å²) in [4.78, 5) is 133. The molecule has 2 aromatic rings. The fourth-order valence-electron chi connectivity index (χ4n) is 10.9. The Morgan fingerprint density at radius 2 is 1.54 bits per heavy atom. The van der Waals surface area contributed by atoms with Crippen molar-refractivity contribution in [2.45, 2.75) is 154 Å². The minimum absolute atomic E-state index is 0.0375. The molecule has 26 heteroatoms. The third-order valence-electron chi connectivity index (χ3n) is 15.6. The number of ether oxygens (including phenoxy) is 2. The maximum Gasteiger partial charge on any atom is 0.327 e. The van der Waals surface area contributed by atoms with Crippen molar-refractivity contribution in [2.75, 3.05) is 73.8 Å². The van der Waals surface area contributed by atoms with E-state index in [1.54, 1.807) is 51.7 Å². The van der Waals surface area contributed by atoms with Gasteiger partial charge in [0.05, 0.1) is 54.6 Å². The summed E-state index contributed by atoms with van der Waals surface area (Å²) in [5, 5.41) is 31.9. The molecule has 1 aromatic heterocycles. The second-order valence-electron chi connectivity index (χ2n) is 22.1. The molecule has 4 N–H and O–H groups in total. The molecule has 3 fully saturated rings. The number of methoxy groups -OCH3 is 2. The van der Waals surface area contributed by atoms with Crippen LogP contribution in [0.2, 0.25) is 0 Å². The van der Waals surface area contributed by atoms with Crippen LogP contribution in [0.5, 0.6) is 0 Å². The van der Waals surface area contributed by atoms with E-state index in [9.17, 15) is 53.4 Å². The summed E-state index contributed by atoms with van der Waals surface area (Å²) < 4.78 is 13.6. The predicted octanol–water partition coefficient (Wildman–Crippen LogP) is 1.83. The number of aromatic nitrogens is 3. The lowest BCUT2D eigenvalue weighted by Gasteiger charge is -2.41. The number of nitrogens with one attached hydrogen (secondary N) is 2. The quantitative estimate of drug-likeness (QED) is 0.0513. The number of aliphatic imine (C=N–C) groups is 1. The van der Waals surface area contributed by atoms with Crippen molar-refractivity contribution < 1.29 is 62.8 Å². The number of aliphatic carboxylic acids is 2. The number of nitrogens with zero attached hydrogens (tertiary/aromatic N) is 10. The first-order valence-corrected chi connectivity index (χ1v) is 29.3. The molecule has 0 bridgehead atoms. The fraction of sp³-hybridized carbons (Fsp3) is 0.679. The van der Waals surface area contributed by atoms with Crippen LogP contribution >= 0.6 is 11.8 Å². The number of likely N-dealkylation sites (N-methyl/N-ethyl adjacent to an activating group) is 1. The highest BCUT2D eigenvalue weighted by Crippen LogP contribution is 2.31. The Kier molecular flexibility index (Phi) is 25.1. The van der Waals surface area contributed by atoms with Crippen LogP contribution in [0.4, 0.5) is 0 Å². The summed E-state index contributed by atoms with van der Waals surface area (Å²) in [7, 11) is 8.49. The monoisotopic (exact) mass is 1170 g/mol. The normalized spacial score (nSPS) is 19.7. The van der Waals surface area contributed by atoms with E-state index in [1.807, 2.05) is 64.9 Å². The zero-order valence-corrected chi connectivity index (χ0v) is 50.2. The van der Waals surface area contributed by atoms with Crippen molar-refractivity contribution in [3.8, 4) is 0 Å². The number of rotatable bonds is 29. The number of amides is 7. The van der Waals surface area contributed by atoms with Crippen molar-refractivity contribution in [2.24, 2.45) is 22.7 Å². The van der Waals surface area contributed by atoms with Crippen molar-refractivity contribution in [3.05, 3.63) is 47.8 Å². The van der Waals surface area contributed by atoms with Gasteiger partial charge in [-0.25, -0.2) is 14.6 Å². The fourth-order valence-corrected chi connectivity index (χ4v) is 12.1. The van der Waals surface area contributed by atoms with Gasteiger partial charge in [-0.1, -0.05) is 76.6 Å². The summed E-state index contributed by atoms with van der Waals surface area (Å²) in [5.74, 6) is -5.39. The van der Waals surface area contributed by atoms with E-state index in [0.29, 0.717) is 76.6 Å². The molecule has 4 heterocycles. The van der Waals surface area contributed by atoms with Gasteiger partial charge in [0.15, 0.2) is 5.96 Å². The number of hydrogen-bond donors (Lipinski definition) is 4. The highest BCUT2D eigenvalue weighted by molar-refractivity contribution is 8.00. The van der Waals surface area contributed by atoms with E-state index in [1.165, 1.54) is 21.1 Å². The number of carboxylic acid groups (broad SMARTS) is 2. The summed E-state index contributed by atoms with van der Waals surface area (Å²) >= 11 is 0.998. The molecular formula is C56H86N12O13S. The number of hydrogen-bond acceptors (Lipinski definition) is 15. The Hall–Kier alpha value is -6.67. The first-order chi connectivity index (χ1) is 38.9. The summed E-state index contributed by atoms with van der Waals surface area (Å²) in [6, 6.07) is 4.90. The Morgan fingerprint density at radius 1 is 0.878 bits per heavy atom. The molecule has 7 amide bonds. The Labute approximate surface area is 485 Å². The zero-order valence-electron chi connectivity index (χ0n) is 49.4. The highest BCUT2D eigenvalue weighted by atomic mass is 32.2. The molecule has 25 nitrogen and oxygen atoms in total. The molecule has 5 rings (SSSR count). The van der Waals surface area contributed by atoms with Gasteiger partial charge >= 0.3 is 11.9 Å². The molecular weight excluding hydrogens is 1080 g/mol. The molecule has 3 aliphatic heterocycles. The molecule has 454 valence electrons. The van der Waals surface area contributed by atoms with Gasteiger partial charge in [0.25, 0.3) is 0 Å². The topological polar surface area (TPSA) is 299 Å². The number of benzene rings is 1. The SMILES string of the molecule is CC[C@H](C)[C@@H]([C@@H](CC(=O)N1CCCC1[C@H](OC)[C@@H](C)C(=O)N[C@@H](Cc1ccccc1)C(=O)O)OC)N(C)C(=O)C(N=C(N(C)C)N1CCN(C(=O)CCCn2cc(CN3C(=O)CC(SC[C@H](NC(C)=O)C(=O)O)C3=O)nn2)CC1)C(C)C. The van der Waals surface area contributed by atoms with Crippen LogP contribution in [0.25, 0.3) is 0 Å². The van der Waals surface area contributed by atoms with E-state index in [0.717, 1.165) is 22.2 Å². The lowest BCUT2D eigenvalue weighted by atomic mass is 9.89. The standard InChI is InChI=1S/C56H86N12O13S/c1-12-35(4)49(43(80-10)29-46(71)67-23-16-20-42(67)50(81-11)36(5)51(73)58-40(54(76)77)28-38-18-14-13-15-19-38)63(9)53(75)48(34(2)3)59-56(62(7)8)65-26-24-64(25-27-65)45(70)21-17-22-66-31-39(60-61-66)32-68-47(72)30-44(52(68)74)82-33-41(55(78)79)57-37(6)69/h13-15,18-19,31,34-36,40-44,48-50H,12,16-17,20-30,32-33H2,1-11H3,(H,57,69)(H,58,73)(H,76,77)(H,78,79)/t35-,36+,40-,41-,42?,43+,44?,48?,49-,50+/m0/s1. The molecule has 0 aliphatic carbocycles. The van der Waals surface area contributed by atoms with Gasteiger partial charge in [0.2, 0.25) is 41.4 Å². The van der Waals surface area contributed by atoms with Gasteiger partial charge in [-0.15, -0.1) is 16.9 Å². The van der Waals surface area contributed by atoms with Gasteiger partial charge in [-0.05, 0) is 36.7 Å². The Balaban J connectivity index is 1.16. The minimum atomic E-state index is -1.24. The molecule has 1 aromatic carbocycles. The highest BCUT2D eigenvalue weighted by Gasteiger charge is 2.44. The van der Waals surface area contributed by atoms with E-state index in [2.05, 4.69) is 25.8 Å². The Bertz CT molecular complexity index is 2560. The first-order valence-electron chi connectivity index (χ1n) is 28.2. The van der Waals surface area contributed by atoms with Crippen molar-refractivity contribution in [1.82, 2.24) is 55.0 Å². The number of piperazine rings is 1. The van der Waals surface area contributed by atoms with E-state index in [-0.39, 0.29) is 67.5 Å². The number of carbonyl (C=O) groups is 9. The third kappa shape index (κ3) is 17.7.